The number of ether oxygens (including phenoxy) is 1. The van der Waals surface area contributed by atoms with Crippen LogP contribution in [0.15, 0.2) is 39.9 Å². The van der Waals surface area contributed by atoms with Gasteiger partial charge in [0.25, 0.3) is 5.56 Å². The van der Waals surface area contributed by atoms with Crippen molar-refractivity contribution in [1.29, 1.82) is 0 Å². The van der Waals surface area contributed by atoms with Gasteiger partial charge < -0.3 is 9.84 Å². The third kappa shape index (κ3) is 3.21. The van der Waals surface area contributed by atoms with Crippen molar-refractivity contribution >= 4 is 5.78 Å². The summed E-state index contributed by atoms with van der Waals surface area (Å²) >= 11 is 0. The molecule has 2 N–H and O–H groups in total. The second-order valence-corrected chi connectivity index (χ2v) is 4.62. The molecule has 1 heterocycles. The first kappa shape index (κ1) is 15.9. The Hall–Kier alpha value is -2.51. The van der Waals surface area contributed by atoms with Crippen LogP contribution in [0.4, 0.5) is 0 Å². The largest absolute Gasteiger partial charge is 0.394 e. The number of benzene rings is 1. The fourth-order valence-corrected chi connectivity index (χ4v) is 2.03. The van der Waals surface area contributed by atoms with Crippen molar-refractivity contribution in [2.24, 2.45) is 0 Å². The quantitative estimate of drug-likeness (QED) is 0.580. The highest BCUT2D eigenvalue weighted by molar-refractivity contribution is 6.08. The molecule has 116 valence electrons. The number of hydrogen-bond acceptors (Lipinski definition) is 5. The Morgan fingerprint density at radius 1 is 1.27 bits per heavy atom. The molecule has 0 amide bonds. The van der Waals surface area contributed by atoms with Gasteiger partial charge in [-0.05, 0) is 6.92 Å². The highest BCUT2D eigenvalue weighted by atomic mass is 16.5. The number of hydrogen-bond donors (Lipinski definition) is 2. The minimum atomic E-state index is -0.729. The van der Waals surface area contributed by atoms with E-state index in [0.29, 0.717) is 5.56 Å². The molecule has 7 nitrogen and oxygen atoms in total. The van der Waals surface area contributed by atoms with Gasteiger partial charge in [-0.3, -0.25) is 19.1 Å². The van der Waals surface area contributed by atoms with Crippen LogP contribution in [0.25, 0.3) is 0 Å². The zero-order valence-electron chi connectivity index (χ0n) is 12.0. The standard InChI is InChI=1S/C15H16N2O5/c1-10-12(13(19)11-5-3-2-4-6-11)17(9-22-8-7-18)15(21)16-14(10)20/h2-6,18H,7-9H2,1H3,(H,16,20,21). The van der Waals surface area contributed by atoms with Crippen LogP contribution in [0.2, 0.25) is 0 Å². The molecule has 0 unspecified atom stereocenters. The van der Waals surface area contributed by atoms with Crippen molar-refractivity contribution in [2.75, 3.05) is 13.2 Å². The van der Waals surface area contributed by atoms with Crippen molar-refractivity contribution in [1.82, 2.24) is 9.55 Å². The van der Waals surface area contributed by atoms with Gasteiger partial charge in [-0.2, -0.15) is 0 Å². The average molecular weight is 304 g/mol. The summed E-state index contributed by atoms with van der Waals surface area (Å²) in [6.45, 7) is 1.05. The third-order valence-electron chi connectivity index (χ3n) is 3.14. The molecule has 0 aliphatic rings. The van der Waals surface area contributed by atoms with Crippen LogP contribution in [0, 0.1) is 6.92 Å². The molecule has 0 saturated heterocycles. The highest BCUT2D eigenvalue weighted by Gasteiger charge is 2.20. The molecule has 0 aliphatic carbocycles. The summed E-state index contributed by atoms with van der Waals surface area (Å²) in [5.74, 6) is -0.436. The number of nitrogens with zero attached hydrogens (tertiary/aromatic N) is 1. The van der Waals surface area contributed by atoms with Crippen LogP contribution >= 0.6 is 0 Å². The summed E-state index contributed by atoms with van der Waals surface area (Å²) in [5.41, 5.74) is -0.846. The van der Waals surface area contributed by atoms with Gasteiger partial charge in [0.1, 0.15) is 12.4 Å². The second-order valence-electron chi connectivity index (χ2n) is 4.62. The number of aromatic amines is 1. The Morgan fingerprint density at radius 3 is 2.59 bits per heavy atom. The third-order valence-corrected chi connectivity index (χ3v) is 3.14. The van der Waals surface area contributed by atoms with Crippen LogP contribution in [-0.4, -0.2) is 33.7 Å². The van der Waals surface area contributed by atoms with Gasteiger partial charge in [-0.25, -0.2) is 4.79 Å². The molecule has 0 atom stereocenters. The van der Waals surface area contributed by atoms with Gasteiger partial charge >= 0.3 is 5.69 Å². The number of ketones is 1. The Balaban J connectivity index is 2.55. The zero-order valence-corrected chi connectivity index (χ0v) is 12.0. The maximum atomic E-state index is 12.6. The van der Waals surface area contributed by atoms with E-state index in [1.807, 2.05) is 0 Å². The molecule has 0 spiro atoms. The number of carbonyl (C=O) groups excluding carboxylic acids is 1. The van der Waals surface area contributed by atoms with Gasteiger partial charge in [-0.15, -0.1) is 0 Å². The molecule has 1 aromatic carbocycles. The summed E-state index contributed by atoms with van der Waals surface area (Å²) in [5, 5.41) is 8.73. The van der Waals surface area contributed by atoms with Crippen molar-refractivity contribution in [3.63, 3.8) is 0 Å². The summed E-state index contributed by atoms with van der Waals surface area (Å²) in [4.78, 5) is 38.5. The second kappa shape index (κ2) is 6.97. The molecular formula is C15H16N2O5. The fraction of sp³-hybridized carbons (Fsp3) is 0.267. The number of nitrogens with one attached hydrogen (secondary N) is 1. The highest BCUT2D eigenvalue weighted by Crippen LogP contribution is 2.10. The van der Waals surface area contributed by atoms with E-state index in [9.17, 15) is 14.4 Å². The van der Waals surface area contributed by atoms with E-state index >= 15 is 0 Å². The summed E-state index contributed by atoms with van der Waals surface area (Å²) < 4.78 is 6.17. The molecule has 7 heteroatoms. The molecule has 0 bridgehead atoms. The molecule has 1 aromatic heterocycles. The Morgan fingerprint density at radius 2 is 1.95 bits per heavy atom. The lowest BCUT2D eigenvalue weighted by Crippen LogP contribution is -2.37. The maximum absolute atomic E-state index is 12.6. The van der Waals surface area contributed by atoms with E-state index in [0.717, 1.165) is 4.57 Å². The van der Waals surface area contributed by atoms with Gasteiger partial charge in [0.05, 0.1) is 13.2 Å². The molecule has 0 saturated carbocycles. The van der Waals surface area contributed by atoms with Gasteiger partial charge in [-0.1, -0.05) is 30.3 Å². The van der Waals surface area contributed by atoms with Gasteiger partial charge in [0, 0.05) is 11.1 Å². The Bertz CT molecular complexity index is 777. The fourth-order valence-electron chi connectivity index (χ4n) is 2.03. The smallest absolute Gasteiger partial charge is 0.330 e. The summed E-state index contributed by atoms with van der Waals surface area (Å²) in [7, 11) is 0. The molecule has 22 heavy (non-hydrogen) atoms. The predicted octanol–water partition coefficient (Wildman–Crippen LogP) is 0.0424. The van der Waals surface area contributed by atoms with Crippen LogP contribution in [0.1, 0.15) is 21.6 Å². The minimum absolute atomic E-state index is 0.0158. The lowest BCUT2D eigenvalue weighted by molar-refractivity contribution is 0.0438. The molecule has 2 rings (SSSR count). The first-order valence-electron chi connectivity index (χ1n) is 6.68. The minimum Gasteiger partial charge on any atom is -0.394 e. The van der Waals surface area contributed by atoms with Crippen molar-refractivity contribution in [3.8, 4) is 0 Å². The average Bonchev–Trinajstić information content (AvgIpc) is 2.53. The van der Waals surface area contributed by atoms with Crippen LogP contribution in [-0.2, 0) is 11.5 Å². The van der Waals surface area contributed by atoms with Gasteiger partial charge in [0.2, 0.25) is 5.78 Å². The van der Waals surface area contributed by atoms with Crippen LogP contribution in [0.3, 0.4) is 0 Å². The van der Waals surface area contributed by atoms with E-state index < -0.39 is 17.0 Å². The molecule has 0 radical (unpaired) electrons. The van der Waals surface area contributed by atoms with E-state index in [2.05, 4.69) is 4.98 Å². The van der Waals surface area contributed by atoms with E-state index in [1.165, 1.54) is 6.92 Å². The molecule has 2 aromatic rings. The molecule has 0 fully saturated rings. The zero-order chi connectivity index (χ0) is 16.1. The maximum Gasteiger partial charge on any atom is 0.330 e. The number of aliphatic hydroxyl groups is 1. The summed E-state index contributed by atoms with van der Waals surface area (Å²) in [6.07, 6.45) is 0. The van der Waals surface area contributed by atoms with Crippen LogP contribution in [0.5, 0.6) is 0 Å². The number of rotatable bonds is 6. The van der Waals surface area contributed by atoms with E-state index in [4.69, 9.17) is 9.84 Å². The van der Waals surface area contributed by atoms with Crippen molar-refractivity contribution < 1.29 is 14.6 Å². The SMILES string of the molecule is Cc1c(C(=O)c2ccccc2)n(COCCO)c(=O)[nH]c1=O. The number of aliphatic hydroxyl groups excluding tert-OH is 1. The van der Waals surface area contributed by atoms with E-state index in [1.54, 1.807) is 30.3 Å². The Kier molecular flexibility index (Phi) is 5.03. The number of carbonyl (C=O) groups is 1. The predicted molar refractivity (Wildman–Crippen MR) is 79.0 cm³/mol. The van der Waals surface area contributed by atoms with E-state index in [-0.39, 0.29) is 31.2 Å². The number of H-pyrrole nitrogens is 1. The summed E-state index contributed by atoms with van der Waals surface area (Å²) in [6, 6.07) is 8.36. The lowest BCUT2D eigenvalue weighted by atomic mass is 10.1. The van der Waals surface area contributed by atoms with Crippen LogP contribution < -0.4 is 11.2 Å². The van der Waals surface area contributed by atoms with Crippen molar-refractivity contribution in [2.45, 2.75) is 13.7 Å². The number of aromatic nitrogens is 2. The first-order valence-corrected chi connectivity index (χ1v) is 6.68. The first-order chi connectivity index (χ1) is 10.6. The normalized spacial score (nSPS) is 10.6. The van der Waals surface area contributed by atoms with Gasteiger partial charge in [0.15, 0.2) is 0 Å². The monoisotopic (exact) mass is 304 g/mol. The Labute approximate surface area is 125 Å². The lowest BCUT2D eigenvalue weighted by Gasteiger charge is -2.13. The van der Waals surface area contributed by atoms with Crippen molar-refractivity contribution in [3.05, 3.63) is 68.0 Å². The topological polar surface area (TPSA) is 101 Å². The molecular weight excluding hydrogens is 288 g/mol. The molecule has 0 aliphatic heterocycles.